The summed E-state index contributed by atoms with van der Waals surface area (Å²) < 4.78 is 15.7. The lowest BCUT2D eigenvalue weighted by molar-refractivity contribution is -0.113. The van der Waals surface area contributed by atoms with Crippen molar-refractivity contribution in [2.24, 2.45) is 0 Å². The van der Waals surface area contributed by atoms with Gasteiger partial charge in [-0.15, -0.1) is 0 Å². The quantitative estimate of drug-likeness (QED) is 0.410. The van der Waals surface area contributed by atoms with Crippen LogP contribution in [0.15, 0.2) is 78.5 Å². The molecule has 8 nitrogen and oxygen atoms in total. The van der Waals surface area contributed by atoms with Crippen LogP contribution >= 0.6 is 0 Å². The van der Waals surface area contributed by atoms with Crippen molar-refractivity contribution in [1.29, 1.82) is 0 Å². The number of carbonyl (C=O) groups is 3. The van der Waals surface area contributed by atoms with Gasteiger partial charge < -0.3 is 24.8 Å². The molecule has 4 rings (SSSR count). The maximum Gasteiger partial charge on any atom is 0.338 e. The van der Waals surface area contributed by atoms with E-state index in [1.165, 1.54) is 0 Å². The Hall–Kier alpha value is -4.59. The summed E-state index contributed by atoms with van der Waals surface area (Å²) in [7, 11) is 0. The van der Waals surface area contributed by atoms with E-state index in [0.29, 0.717) is 33.9 Å². The molecule has 8 heteroatoms. The second-order valence-corrected chi connectivity index (χ2v) is 7.24. The SMILES string of the molecule is CCOC(=O)c1ccc(NC(=O)/C(=C/c2ccc3c(c2)OCO3)NC(=O)c2ccccc2)cc1. The average Bonchev–Trinajstić information content (AvgIpc) is 3.32. The molecule has 0 bridgehead atoms. The van der Waals surface area contributed by atoms with E-state index in [-0.39, 0.29) is 19.1 Å². The van der Waals surface area contributed by atoms with Crippen molar-refractivity contribution in [3.63, 3.8) is 0 Å². The van der Waals surface area contributed by atoms with Gasteiger partial charge in [-0.25, -0.2) is 4.79 Å². The molecule has 3 aromatic rings. The number of carbonyl (C=O) groups excluding carboxylic acids is 3. The topological polar surface area (TPSA) is 103 Å². The summed E-state index contributed by atoms with van der Waals surface area (Å²) in [6.07, 6.45) is 1.55. The molecule has 0 aromatic heterocycles. The number of esters is 1. The molecule has 0 atom stereocenters. The van der Waals surface area contributed by atoms with Crippen LogP contribution in [-0.4, -0.2) is 31.2 Å². The van der Waals surface area contributed by atoms with Crippen LogP contribution in [0.5, 0.6) is 11.5 Å². The van der Waals surface area contributed by atoms with Crippen LogP contribution < -0.4 is 20.1 Å². The first kappa shape index (κ1) is 22.6. The average molecular weight is 458 g/mol. The third kappa shape index (κ3) is 5.42. The Morgan fingerprint density at radius 1 is 0.912 bits per heavy atom. The molecule has 3 aromatic carbocycles. The van der Waals surface area contributed by atoms with Crippen molar-refractivity contribution in [2.75, 3.05) is 18.7 Å². The van der Waals surface area contributed by atoms with Crippen LogP contribution in [0.25, 0.3) is 6.08 Å². The molecule has 0 saturated heterocycles. The zero-order chi connectivity index (χ0) is 23.9. The molecule has 0 radical (unpaired) electrons. The lowest BCUT2D eigenvalue weighted by Crippen LogP contribution is -2.30. The highest BCUT2D eigenvalue weighted by Crippen LogP contribution is 2.33. The lowest BCUT2D eigenvalue weighted by atomic mass is 10.1. The van der Waals surface area contributed by atoms with Gasteiger partial charge in [0.1, 0.15) is 5.70 Å². The molecule has 34 heavy (non-hydrogen) atoms. The molecule has 0 unspecified atom stereocenters. The summed E-state index contributed by atoms with van der Waals surface area (Å²) in [4.78, 5) is 37.7. The first-order chi connectivity index (χ1) is 16.5. The summed E-state index contributed by atoms with van der Waals surface area (Å²) in [6.45, 7) is 2.12. The number of fused-ring (bicyclic) bond motifs is 1. The number of rotatable bonds is 7. The van der Waals surface area contributed by atoms with Crippen LogP contribution in [0.3, 0.4) is 0 Å². The van der Waals surface area contributed by atoms with E-state index in [1.807, 2.05) is 0 Å². The van der Waals surface area contributed by atoms with Crippen molar-refractivity contribution >= 4 is 29.5 Å². The predicted octanol–water partition coefficient (Wildman–Crippen LogP) is 4.00. The molecule has 0 spiro atoms. The Labute approximate surface area is 196 Å². The van der Waals surface area contributed by atoms with Gasteiger partial charge in [0, 0.05) is 11.3 Å². The Balaban J connectivity index is 1.57. The van der Waals surface area contributed by atoms with E-state index in [1.54, 1.807) is 85.8 Å². The minimum Gasteiger partial charge on any atom is -0.462 e. The summed E-state index contributed by atoms with van der Waals surface area (Å²) in [5.41, 5.74) is 1.89. The van der Waals surface area contributed by atoms with Gasteiger partial charge >= 0.3 is 5.97 Å². The molecule has 1 aliphatic rings. The minimum atomic E-state index is -0.536. The van der Waals surface area contributed by atoms with Crippen LogP contribution in [0, 0.1) is 0 Å². The number of benzene rings is 3. The van der Waals surface area contributed by atoms with Crippen molar-refractivity contribution < 1.29 is 28.6 Å². The predicted molar refractivity (Wildman–Crippen MR) is 125 cm³/mol. The number of anilines is 1. The number of amides is 2. The standard InChI is InChI=1S/C26H22N2O6/c1-2-32-26(31)19-9-11-20(12-10-19)27-25(30)21(28-24(29)18-6-4-3-5-7-18)14-17-8-13-22-23(15-17)34-16-33-22/h3-15H,2,16H2,1H3,(H,27,30)(H,28,29)/b21-14-. The lowest BCUT2D eigenvalue weighted by Gasteiger charge is -2.12. The fourth-order valence-electron chi connectivity index (χ4n) is 3.21. The second kappa shape index (κ2) is 10.4. The van der Waals surface area contributed by atoms with E-state index < -0.39 is 17.8 Å². The highest BCUT2D eigenvalue weighted by Gasteiger charge is 2.17. The second-order valence-electron chi connectivity index (χ2n) is 7.24. The third-order valence-electron chi connectivity index (χ3n) is 4.89. The molecule has 0 aliphatic carbocycles. The molecule has 1 heterocycles. The fraction of sp³-hybridized carbons (Fsp3) is 0.115. The largest absolute Gasteiger partial charge is 0.462 e. The first-order valence-corrected chi connectivity index (χ1v) is 10.6. The van der Waals surface area contributed by atoms with E-state index in [4.69, 9.17) is 14.2 Å². The van der Waals surface area contributed by atoms with Crippen molar-refractivity contribution in [2.45, 2.75) is 6.92 Å². The highest BCUT2D eigenvalue weighted by molar-refractivity contribution is 6.10. The van der Waals surface area contributed by atoms with Gasteiger partial charge in [0.2, 0.25) is 6.79 Å². The van der Waals surface area contributed by atoms with Gasteiger partial charge in [-0.2, -0.15) is 0 Å². The Bertz CT molecular complexity index is 1240. The van der Waals surface area contributed by atoms with E-state index in [9.17, 15) is 14.4 Å². The van der Waals surface area contributed by atoms with Crippen molar-refractivity contribution in [3.8, 4) is 11.5 Å². The molecule has 0 saturated carbocycles. The van der Waals surface area contributed by atoms with Crippen molar-refractivity contribution in [3.05, 3.63) is 95.2 Å². The van der Waals surface area contributed by atoms with Crippen LogP contribution in [0.1, 0.15) is 33.2 Å². The van der Waals surface area contributed by atoms with E-state index in [2.05, 4.69) is 10.6 Å². The maximum atomic E-state index is 13.1. The van der Waals surface area contributed by atoms with Crippen molar-refractivity contribution in [1.82, 2.24) is 5.32 Å². The number of hydrogen-bond donors (Lipinski definition) is 2. The van der Waals surface area contributed by atoms with Gasteiger partial charge in [0.25, 0.3) is 11.8 Å². The van der Waals surface area contributed by atoms with Gasteiger partial charge in [-0.1, -0.05) is 24.3 Å². The van der Waals surface area contributed by atoms with Gasteiger partial charge in [0.05, 0.1) is 12.2 Å². The highest BCUT2D eigenvalue weighted by atomic mass is 16.7. The summed E-state index contributed by atoms with van der Waals surface area (Å²) in [6, 6.07) is 20.1. The molecule has 0 fully saturated rings. The maximum absolute atomic E-state index is 13.1. The molecular weight excluding hydrogens is 436 g/mol. The van der Waals surface area contributed by atoms with Gasteiger partial charge in [-0.3, -0.25) is 9.59 Å². The molecule has 2 amide bonds. The monoisotopic (exact) mass is 458 g/mol. The number of ether oxygens (including phenoxy) is 3. The zero-order valence-corrected chi connectivity index (χ0v) is 18.4. The Morgan fingerprint density at radius 3 is 2.38 bits per heavy atom. The Kier molecular flexibility index (Phi) is 6.88. The summed E-state index contributed by atoms with van der Waals surface area (Å²) >= 11 is 0. The van der Waals surface area contributed by atoms with Crippen LogP contribution in [0.2, 0.25) is 0 Å². The van der Waals surface area contributed by atoms with Gasteiger partial charge in [-0.05, 0) is 67.1 Å². The zero-order valence-electron chi connectivity index (χ0n) is 18.4. The van der Waals surface area contributed by atoms with Crippen LogP contribution in [-0.2, 0) is 9.53 Å². The molecule has 172 valence electrons. The van der Waals surface area contributed by atoms with Gasteiger partial charge in [0.15, 0.2) is 11.5 Å². The summed E-state index contributed by atoms with van der Waals surface area (Å²) in [5.74, 6) is -0.249. The first-order valence-electron chi connectivity index (χ1n) is 10.6. The minimum absolute atomic E-state index is 0.0298. The van der Waals surface area contributed by atoms with Crippen LogP contribution in [0.4, 0.5) is 5.69 Å². The Morgan fingerprint density at radius 2 is 1.65 bits per heavy atom. The van der Waals surface area contributed by atoms with E-state index >= 15 is 0 Å². The summed E-state index contributed by atoms with van der Waals surface area (Å²) in [5, 5.41) is 5.42. The molecular formula is C26H22N2O6. The molecule has 1 aliphatic heterocycles. The smallest absolute Gasteiger partial charge is 0.338 e. The number of hydrogen-bond acceptors (Lipinski definition) is 6. The van der Waals surface area contributed by atoms with E-state index in [0.717, 1.165) is 0 Å². The normalized spacial score (nSPS) is 12.1. The third-order valence-corrected chi connectivity index (χ3v) is 4.89. The molecule has 2 N–H and O–H groups in total. The number of nitrogens with one attached hydrogen (secondary N) is 2. The fourth-order valence-corrected chi connectivity index (χ4v) is 3.21.